The van der Waals surface area contributed by atoms with Crippen molar-refractivity contribution in [3.63, 3.8) is 0 Å². The number of amidine groups is 1. The molecule has 3 unspecified atom stereocenters. The molecule has 1 aromatic carbocycles. The number of halogens is 2. The highest BCUT2D eigenvalue weighted by atomic mass is 35.5. The maximum Gasteiger partial charge on any atom is 0.338 e. The number of hydrogen-bond donors (Lipinski definition) is 2. The van der Waals surface area contributed by atoms with Gasteiger partial charge >= 0.3 is 5.97 Å². The second kappa shape index (κ2) is 8.81. The van der Waals surface area contributed by atoms with Gasteiger partial charge in [0.2, 0.25) is 0 Å². The van der Waals surface area contributed by atoms with E-state index in [0.29, 0.717) is 35.1 Å². The van der Waals surface area contributed by atoms with Crippen molar-refractivity contribution in [1.29, 1.82) is 0 Å². The van der Waals surface area contributed by atoms with Crippen LogP contribution in [0.3, 0.4) is 0 Å². The normalized spacial score (nSPS) is 23.9. The lowest BCUT2D eigenvalue weighted by Gasteiger charge is -2.29. The Bertz CT molecular complexity index is 1010. The van der Waals surface area contributed by atoms with Crippen molar-refractivity contribution in [2.45, 2.75) is 18.6 Å². The molecule has 2 aliphatic rings. The first-order valence-corrected chi connectivity index (χ1v) is 10.5. The third-order valence-electron chi connectivity index (χ3n) is 5.05. The van der Waals surface area contributed by atoms with E-state index in [1.807, 2.05) is 0 Å². The van der Waals surface area contributed by atoms with E-state index in [1.54, 1.807) is 17.6 Å². The summed E-state index contributed by atoms with van der Waals surface area (Å²) in [5.74, 6) is -0.863. The third kappa shape index (κ3) is 3.85. The van der Waals surface area contributed by atoms with Crippen LogP contribution in [0.4, 0.5) is 4.39 Å². The summed E-state index contributed by atoms with van der Waals surface area (Å²) < 4.78 is 25.1. The summed E-state index contributed by atoms with van der Waals surface area (Å²) in [5, 5.41) is 15.0. The van der Waals surface area contributed by atoms with E-state index < -0.39 is 23.9 Å². The molecule has 4 rings (SSSR count). The topological polar surface area (TPSA) is 93.0 Å². The average Bonchev–Trinajstić information content (AvgIpc) is 3.46. The van der Waals surface area contributed by atoms with Gasteiger partial charge in [0.15, 0.2) is 10.8 Å². The summed E-state index contributed by atoms with van der Waals surface area (Å²) in [7, 11) is 1.27. The Morgan fingerprint density at radius 1 is 1.50 bits per heavy atom. The predicted molar refractivity (Wildman–Crippen MR) is 110 cm³/mol. The zero-order valence-corrected chi connectivity index (χ0v) is 17.5. The van der Waals surface area contributed by atoms with E-state index in [1.165, 1.54) is 30.6 Å². The highest BCUT2D eigenvalue weighted by Crippen LogP contribution is 2.39. The number of aliphatic hydroxyl groups excluding tert-OH is 1. The van der Waals surface area contributed by atoms with Crippen LogP contribution in [0.5, 0.6) is 0 Å². The second-order valence-corrected chi connectivity index (χ2v) is 8.18. The van der Waals surface area contributed by atoms with Crippen molar-refractivity contribution in [2.24, 2.45) is 10.9 Å². The van der Waals surface area contributed by atoms with Crippen LogP contribution in [0.15, 0.2) is 46.0 Å². The molecule has 3 atom stereocenters. The van der Waals surface area contributed by atoms with Gasteiger partial charge in [-0.05, 0) is 12.5 Å². The van der Waals surface area contributed by atoms with E-state index in [0.717, 1.165) is 0 Å². The van der Waals surface area contributed by atoms with Crippen molar-refractivity contribution >= 4 is 34.7 Å². The van der Waals surface area contributed by atoms with Crippen LogP contribution in [0.1, 0.15) is 23.0 Å². The van der Waals surface area contributed by atoms with Crippen molar-refractivity contribution in [1.82, 2.24) is 10.3 Å². The lowest BCUT2D eigenvalue weighted by Crippen LogP contribution is -2.38. The molecule has 0 aliphatic carbocycles. The fraction of sp³-hybridized carbons (Fsp3) is 0.350. The van der Waals surface area contributed by atoms with Crippen LogP contribution in [0.25, 0.3) is 0 Å². The summed E-state index contributed by atoms with van der Waals surface area (Å²) in [4.78, 5) is 21.7. The number of nitrogens with one attached hydrogen (secondary N) is 1. The van der Waals surface area contributed by atoms with Crippen molar-refractivity contribution in [3.8, 4) is 0 Å². The van der Waals surface area contributed by atoms with Gasteiger partial charge in [-0.2, -0.15) is 0 Å². The van der Waals surface area contributed by atoms with E-state index in [-0.39, 0.29) is 23.1 Å². The first-order chi connectivity index (χ1) is 14.5. The first kappa shape index (κ1) is 20.9. The summed E-state index contributed by atoms with van der Waals surface area (Å²) in [6.45, 7) is 0.333. The van der Waals surface area contributed by atoms with Gasteiger partial charge in [0, 0.05) is 29.7 Å². The van der Waals surface area contributed by atoms with Crippen LogP contribution in [-0.4, -0.2) is 48.3 Å². The molecule has 0 saturated carbocycles. The van der Waals surface area contributed by atoms with Gasteiger partial charge in [-0.15, -0.1) is 11.3 Å². The van der Waals surface area contributed by atoms with Gasteiger partial charge in [0.05, 0.1) is 36.1 Å². The molecule has 0 bridgehead atoms. The summed E-state index contributed by atoms with van der Waals surface area (Å²) >= 11 is 7.62. The SMILES string of the molecule is COC(=O)C1=C(C2CC(CO)CO2)NC(c2nccs2)=NC1c1cccc(F)c1Cl. The van der Waals surface area contributed by atoms with Crippen LogP contribution in [0.2, 0.25) is 5.02 Å². The molecule has 1 fully saturated rings. The molecule has 2 aliphatic heterocycles. The van der Waals surface area contributed by atoms with Crippen molar-refractivity contribution in [3.05, 3.63) is 62.5 Å². The number of aliphatic hydroxyl groups is 1. The Balaban J connectivity index is 1.88. The Morgan fingerprint density at radius 3 is 3.00 bits per heavy atom. The number of rotatable bonds is 5. The van der Waals surface area contributed by atoms with Crippen molar-refractivity contribution < 1.29 is 23.8 Å². The highest BCUT2D eigenvalue weighted by Gasteiger charge is 2.39. The fourth-order valence-electron chi connectivity index (χ4n) is 3.58. The molecular formula is C20H19ClFN3O4S. The highest BCUT2D eigenvalue weighted by molar-refractivity contribution is 7.11. The number of aliphatic imine (C=N–C) groups is 1. The molecule has 2 N–H and O–H groups in total. The van der Waals surface area contributed by atoms with Gasteiger partial charge in [0.1, 0.15) is 11.9 Å². The molecule has 0 radical (unpaired) electrons. The Hall–Kier alpha value is -2.33. The number of aromatic nitrogens is 1. The molecule has 1 aromatic heterocycles. The second-order valence-electron chi connectivity index (χ2n) is 6.91. The number of carbonyl (C=O) groups is 1. The molecule has 2 aromatic rings. The van der Waals surface area contributed by atoms with Gasteiger partial charge < -0.3 is 19.9 Å². The minimum absolute atomic E-state index is 0.0239. The first-order valence-electron chi connectivity index (χ1n) is 9.26. The predicted octanol–water partition coefficient (Wildman–Crippen LogP) is 2.85. The maximum atomic E-state index is 14.2. The largest absolute Gasteiger partial charge is 0.466 e. The van der Waals surface area contributed by atoms with E-state index >= 15 is 0 Å². The molecule has 0 spiro atoms. The number of ether oxygens (including phenoxy) is 2. The number of hydrogen-bond acceptors (Lipinski definition) is 8. The summed E-state index contributed by atoms with van der Waals surface area (Å²) in [6.07, 6.45) is 1.66. The van der Waals surface area contributed by atoms with Gasteiger partial charge in [0.25, 0.3) is 0 Å². The zero-order valence-electron chi connectivity index (χ0n) is 16.0. The van der Waals surface area contributed by atoms with Gasteiger partial charge in [-0.3, -0.25) is 4.99 Å². The minimum Gasteiger partial charge on any atom is -0.466 e. The summed E-state index contributed by atoms with van der Waals surface area (Å²) in [6, 6.07) is 3.47. The lowest BCUT2D eigenvalue weighted by atomic mass is 9.92. The Morgan fingerprint density at radius 2 is 2.33 bits per heavy atom. The number of esters is 1. The standard InChI is InChI=1S/C20H19ClFN3O4S/c1-28-20(27)14-16(11-3-2-4-12(22)15(11)21)24-18(19-23-5-6-30-19)25-17(14)13-7-10(8-26)9-29-13/h2-6,10,13,16,26H,7-9H2,1H3,(H,24,25). The molecule has 0 amide bonds. The smallest absolute Gasteiger partial charge is 0.338 e. The number of thiazole rings is 1. The average molecular weight is 452 g/mol. The van der Waals surface area contributed by atoms with E-state index in [9.17, 15) is 14.3 Å². The Labute approximate surface area is 181 Å². The molecule has 7 nitrogen and oxygen atoms in total. The van der Waals surface area contributed by atoms with E-state index in [2.05, 4.69) is 15.3 Å². The number of nitrogens with zero attached hydrogens (tertiary/aromatic N) is 2. The molecule has 30 heavy (non-hydrogen) atoms. The molecular weight excluding hydrogens is 433 g/mol. The monoisotopic (exact) mass is 451 g/mol. The minimum atomic E-state index is -0.910. The Kier molecular flexibility index (Phi) is 6.14. The molecule has 10 heteroatoms. The number of benzene rings is 1. The number of carbonyl (C=O) groups excluding carboxylic acids is 1. The maximum absolute atomic E-state index is 14.2. The van der Waals surface area contributed by atoms with Gasteiger partial charge in [-0.25, -0.2) is 14.2 Å². The van der Waals surface area contributed by atoms with Crippen LogP contribution < -0.4 is 5.32 Å². The quantitative estimate of drug-likeness (QED) is 0.679. The summed E-state index contributed by atoms with van der Waals surface area (Å²) in [5.41, 5.74) is 0.985. The third-order valence-corrected chi connectivity index (χ3v) is 6.23. The zero-order chi connectivity index (χ0) is 21.3. The lowest BCUT2D eigenvalue weighted by molar-refractivity contribution is -0.136. The van der Waals surface area contributed by atoms with Crippen LogP contribution in [-0.2, 0) is 14.3 Å². The fourth-order valence-corrected chi connectivity index (χ4v) is 4.40. The van der Waals surface area contributed by atoms with Gasteiger partial charge in [-0.1, -0.05) is 23.7 Å². The van der Waals surface area contributed by atoms with E-state index in [4.69, 9.17) is 21.1 Å². The van der Waals surface area contributed by atoms with Crippen LogP contribution in [0, 0.1) is 11.7 Å². The number of methoxy groups -OCH3 is 1. The molecule has 3 heterocycles. The molecule has 1 saturated heterocycles. The van der Waals surface area contributed by atoms with Crippen LogP contribution >= 0.6 is 22.9 Å². The molecule has 158 valence electrons. The van der Waals surface area contributed by atoms with Crippen molar-refractivity contribution in [2.75, 3.05) is 20.3 Å².